The number of fused-ring (bicyclic) bond motifs is 20. The van der Waals surface area contributed by atoms with Crippen LogP contribution in [0.15, 0.2) is 198 Å². The maximum absolute atomic E-state index is 2.71. The molecule has 0 fully saturated rings. The van der Waals surface area contributed by atoms with E-state index in [1.807, 2.05) is 11.8 Å². The SMILES string of the molecule is Cc1ccc2c(c1)[Si]1(c3ccccc3-c3ccc(N4c5ccccc5C5(c6ccccc6Sc6ccccc65)c5ccc6ccccc6c54)cc31)c1cc(C)ccc1-2. The lowest BCUT2D eigenvalue weighted by molar-refractivity contribution is 0.693. The van der Waals surface area contributed by atoms with Crippen LogP contribution < -0.4 is 25.6 Å². The highest BCUT2D eigenvalue weighted by atomic mass is 32.2. The van der Waals surface area contributed by atoms with Crippen molar-refractivity contribution in [2.75, 3.05) is 4.90 Å². The molecule has 58 heavy (non-hydrogen) atoms. The fraction of sp³-hybridized carbons (Fsp3) is 0.0545. The molecule has 4 aliphatic heterocycles. The molecule has 2 spiro atoms. The molecular weight excluding hydrogens is 735 g/mol. The van der Waals surface area contributed by atoms with Crippen molar-refractivity contribution in [1.29, 1.82) is 0 Å². The Balaban J connectivity index is 1.16. The van der Waals surface area contributed by atoms with Crippen molar-refractivity contribution in [3.8, 4) is 22.3 Å². The van der Waals surface area contributed by atoms with E-state index in [-0.39, 0.29) is 0 Å². The quantitative estimate of drug-likeness (QED) is 0.153. The minimum Gasteiger partial charge on any atom is -0.309 e. The maximum atomic E-state index is 2.62. The molecule has 0 amide bonds. The molecule has 0 saturated heterocycles. The van der Waals surface area contributed by atoms with Gasteiger partial charge in [-0.05, 0) is 115 Å². The summed E-state index contributed by atoms with van der Waals surface area (Å²) in [5.41, 5.74) is 16.7. The Bertz CT molecular complexity index is 3170. The van der Waals surface area contributed by atoms with Crippen LogP contribution in [0.25, 0.3) is 33.0 Å². The third-order valence-corrected chi connectivity index (χ3v) is 19.7. The van der Waals surface area contributed by atoms with Gasteiger partial charge in [0.1, 0.15) is 0 Å². The first-order chi connectivity index (χ1) is 28.6. The van der Waals surface area contributed by atoms with Crippen LogP contribution in [-0.4, -0.2) is 8.07 Å². The average Bonchev–Trinajstić information content (AvgIpc) is 3.72. The molecule has 4 heterocycles. The fourth-order valence-corrected chi connectivity index (χ4v) is 18.5. The third kappa shape index (κ3) is 3.93. The number of hydrogen-bond donors (Lipinski definition) is 0. The van der Waals surface area contributed by atoms with E-state index in [1.165, 1.54) is 114 Å². The summed E-state index contributed by atoms with van der Waals surface area (Å²) in [7, 11) is -2.71. The van der Waals surface area contributed by atoms with E-state index in [9.17, 15) is 0 Å². The molecule has 0 atom stereocenters. The highest BCUT2D eigenvalue weighted by molar-refractivity contribution is 7.99. The smallest absolute Gasteiger partial charge is 0.182 e. The van der Waals surface area contributed by atoms with Crippen LogP contribution in [0.5, 0.6) is 0 Å². The minimum absolute atomic E-state index is 0.508. The van der Waals surface area contributed by atoms with Gasteiger partial charge in [-0.3, -0.25) is 0 Å². The van der Waals surface area contributed by atoms with Crippen LogP contribution in [0.2, 0.25) is 0 Å². The van der Waals surface area contributed by atoms with Crippen LogP contribution in [0.1, 0.15) is 33.4 Å². The largest absolute Gasteiger partial charge is 0.309 e. The molecule has 0 bridgehead atoms. The fourth-order valence-electron chi connectivity index (χ4n) is 11.4. The predicted molar refractivity (Wildman–Crippen MR) is 246 cm³/mol. The number of nitrogens with zero attached hydrogens (tertiary/aromatic N) is 1. The van der Waals surface area contributed by atoms with Gasteiger partial charge < -0.3 is 4.90 Å². The minimum atomic E-state index is -2.71. The molecule has 0 N–H and O–H groups in total. The highest BCUT2D eigenvalue weighted by Crippen LogP contribution is 2.63. The summed E-state index contributed by atoms with van der Waals surface area (Å²) in [6, 6.07) is 72.5. The van der Waals surface area contributed by atoms with Crippen molar-refractivity contribution >= 4 is 68.4 Å². The topological polar surface area (TPSA) is 3.24 Å². The summed E-state index contributed by atoms with van der Waals surface area (Å²) >= 11 is 1.90. The van der Waals surface area contributed by atoms with Crippen LogP contribution in [0.3, 0.4) is 0 Å². The highest BCUT2D eigenvalue weighted by Gasteiger charge is 2.55. The Hall–Kier alpha value is -6.39. The van der Waals surface area contributed by atoms with Gasteiger partial charge in [0, 0.05) is 20.9 Å². The normalized spacial score (nSPS) is 15.2. The molecular formula is C55H37NSSi. The van der Waals surface area contributed by atoms with E-state index in [4.69, 9.17) is 0 Å². The number of para-hydroxylation sites is 1. The van der Waals surface area contributed by atoms with E-state index < -0.39 is 13.5 Å². The summed E-state index contributed by atoms with van der Waals surface area (Å²) in [6.07, 6.45) is 0. The van der Waals surface area contributed by atoms with Crippen LogP contribution in [-0.2, 0) is 5.41 Å². The van der Waals surface area contributed by atoms with Crippen molar-refractivity contribution in [3.05, 3.63) is 221 Å². The Morgan fingerprint density at radius 2 is 0.983 bits per heavy atom. The monoisotopic (exact) mass is 771 g/mol. The summed E-state index contributed by atoms with van der Waals surface area (Å²) in [4.78, 5) is 5.26. The number of anilines is 3. The summed E-state index contributed by atoms with van der Waals surface area (Å²) in [5.74, 6) is 0. The Labute approximate surface area is 344 Å². The lowest BCUT2D eigenvalue weighted by atomic mass is 9.62. The summed E-state index contributed by atoms with van der Waals surface area (Å²) in [5, 5.41) is 8.56. The molecule has 0 aromatic heterocycles. The van der Waals surface area contributed by atoms with Gasteiger partial charge in [0.25, 0.3) is 0 Å². The number of rotatable bonds is 1. The van der Waals surface area contributed by atoms with Gasteiger partial charge in [-0.15, -0.1) is 0 Å². The Morgan fingerprint density at radius 3 is 1.71 bits per heavy atom. The van der Waals surface area contributed by atoms with E-state index in [2.05, 4.69) is 207 Å². The first kappa shape index (κ1) is 32.7. The van der Waals surface area contributed by atoms with Gasteiger partial charge >= 0.3 is 0 Å². The van der Waals surface area contributed by atoms with Gasteiger partial charge in [-0.1, -0.05) is 181 Å². The zero-order valence-electron chi connectivity index (χ0n) is 32.3. The Kier molecular flexibility index (Phi) is 6.53. The number of hydrogen-bond acceptors (Lipinski definition) is 2. The van der Waals surface area contributed by atoms with Gasteiger partial charge in [-0.25, -0.2) is 0 Å². The second-order valence-corrected chi connectivity index (χ2v) is 21.2. The average molecular weight is 772 g/mol. The molecule has 272 valence electrons. The zero-order chi connectivity index (χ0) is 38.3. The molecule has 9 aromatic rings. The number of aryl methyl sites for hydroxylation is 2. The van der Waals surface area contributed by atoms with Crippen molar-refractivity contribution in [2.45, 2.75) is 29.1 Å². The third-order valence-electron chi connectivity index (χ3n) is 13.6. The number of benzene rings is 9. The molecule has 0 radical (unpaired) electrons. The second kappa shape index (κ2) is 11.6. The lowest BCUT2D eigenvalue weighted by Gasteiger charge is -2.49. The van der Waals surface area contributed by atoms with Crippen molar-refractivity contribution in [2.24, 2.45) is 0 Å². The standard InChI is InChI=1S/C55H37NSSi/c1-34-23-27-40-41-28-24-35(2)32-52(41)58(51(40)31-34)50-22-12-5-15-39(50)42-29-26-37(33-53(42)58)56-47-19-9-6-16-43(47)55(46-30-25-36-13-3-4-14-38(36)54(46)56)44-17-7-10-20-48(44)57-49-21-11-8-18-45(49)55/h3-33H,1-2H3. The molecule has 3 heteroatoms. The molecule has 0 aliphatic carbocycles. The van der Waals surface area contributed by atoms with Gasteiger partial charge in [0.05, 0.1) is 16.8 Å². The second-order valence-electron chi connectivity index (χ2n) is 16.5. The molecule has 4 aliphatic rings. The lowest BCUT2D eigenvalue weighted by Crippen LogP contribution is -2.70. The first-order valence-electron chi connectivity index (χ1n) is 20.3. The van der Waals surface area contributed by atoms with E-state index >= 15 is 0 Å². The van der Waals surface area contributed by atoms with Crippen LogP contribution in [0, 0.1) is 13.8 Å². The molecule has 13 rings (SSSR count). The summed E-state index contributed by atoms with van der Waals surface area (Å²) in [6.45, 7) is 4.52. The van der Waals surface area contributed by atoms with Gasteiger partial charge in [0.15, 0.2) is 8.07 Å². The van der Waals surface area contributed by atoms with Crippen LogP contribution >= 0.6 is 11.8 Å². The van der Waals surface area contributed by atoms with Gasteiger partial charge in [-0.2, -0.15) is 0 Å². The molecule has 0 saturated carbocycles. The van der Waals surface area contributed by atoms with Crippen molar-refractivity contribution < 1.29 is 0 Å². The predicted octanol–water partition coefficient (Wildman–Crippen LogP) is 11.4. The van der Waals surface area contributed by atoms with E-state index in [0.29, 0.717) is 0 Å². The molecule has 0 unspecified atom stereocenters. The molecule has 1 nitrogen and oxygen atoms in total. The first-order valence-corrected chi connectivity index (χ1v) is 23.2. The van der Waals surface area contributed by atoms with Gasteiger partial charge in [0.2, 0.25) is 0 Å². The molecule has 9 aromatic carbocycles. The van der Waals surface area contributed by atoms with E-state index in [0.717, 1.165) is 0 Å². The van der Waals surface area contributed by atoms with Crippen molar-refractivity contribution in [3.63, 3.8) is 0 Å². The van der Waals surface area contributed by atoms with Crippen molar-refractivity contribution in [1.82, 2.24) is 0 Å². The summed E-state index contributed by atoms with van der Waals surface area (Å²) < 4.78 is 0. The maximum Gasteiger partial charge on any atom is 0.182 e. The van der Waals surface area contributed by atoms with Crippen LogP contribution in [0.4, 0.5) is 17.1 Å². The Morgan fingerprint density at radius 1 is 0.431 bits per heavy atom. The van der Waals surface area contributed by atoms with E-state index in [1.54, 1.807) is 0 Å². The zero-order valence-corrected chi connectivity index (χ0v) is 34.1.